The van der Waals surface area contributed by atoms with Crippen molar-refractivity contribution >= 4 is 20.4 Å². The summed E-state index contributed by atoms with van der Waals surface area (Å²) < 4.78 is 1.40. The molecule has 63 valence electrons. The molecule has 1 rings (SSSR count). The molecule has 0 saturated carbocycles. The van der Waals surface area contributed by atoms with Crippen LogP contribution in [0, 0.1) is 0 Å². The van der Waals surface area contributed by atoms with Crippen molar-refractivity contribution in [2.24, 2.45) is 0 Å². The summed E-state index contributed by atoms with van der Waals surface area (Å²) in [5.41, 5.74) is 0. The minimum absolute atomic E-state index is 1.14. The molecule has 0 fully saturated rings. The van der Waals surface area contributed by atoms with Crippen LogP contribution in [0.2, 0.25) is 0 Å². The topological polar surface area (TPSA) is 51.2 Å². The molecule has 0 amide bonds. The zero-order chi connectivity index (χ0) is 10.4. The van der Waals surface area contributed by atoms with Gasteiger partial charge >= 0.3 is 47.1 Å². The molecule has 0 unspecified atom stereocenters. The van der Waals surface area contributed by atoms with E-state index in [0.29, 0.717) is 0 Å². The van der Waals surface area contributed by atoms with E-state index in [9.17, 15) is 0 Å². The summed E-state index contributed by atoms with van der Waals surface area (Å²) in [5.74, 6) is 0. The van der Waals surface area contributed by atoms with Crippen LogP contribution in [0.15, 0.2) is 22.4 Å². The van der Waals surface area contributed by atoms with Crippen molar-refractivity contribution in [2.45, 2.75) is 6.42 Å². The van der Waals surface area contributed by atoms with E-state index in [-0.39, 0.29) is 0 Å². The van der Waals surface area contributed by atoms with E-state index < -0.39 is 0 Å². The summed E-state index contributed by atoms with van der Waals surface area (Å²) >= 11 is 2.59. The fourth-order valence-electron chi connectivity index (χ4n) is 0.416. The molecule has 0 heterocycles. The third kappa shape index (κ3) is 16.1. The molecule has 0 aliphatic heterocycles. The van der Waals surface area contributed by atoms with Crippen LogP contribution >= 0.6 is 0 Å². The molecule has 4 heteroatoms. The normalized spacial score (nSPS) is 10.2. The van der Waals surface area contributed by atoms with Crippen molar-refractivity contribution in [1.29, 1.82) is 0 Å². The molecule has 6 radical (unpaired) electrons. The van der Waals surface area contributed by atoms with E-state index in [1.807, 2.05) is 0 Å². The van der Waals surface area contributed by atoms with E-state index in [1.165, 1.54) is 4.17 Å². The van der Waals surface area contributed by atoms with Crippen molar-refractivity contribution in [2.75, 3.05) is 0 Å². The first kappa shape index (κ1) is 17.3. The first-order valence-corrected chi connectivity index (χ1v) is 3.38. The van der Waals surface area contributed by atoms with Crippen LogP contribution in [0.1, 0.15) is 6.42 Å². The summed E-state index contributed by atoms with van der Waals surface area (Å²) in [6, 6.07) is 0. The molecule has 0 atom stereocenters. The standard InChI is InChI=1S/C5H5.3CO.Ru/c1-2-4-5-3-1;3*1-2;/h1-3H,4H2;;;;. The number of hydrogen-bond donors (Lipinski definition) is 0. The molecule has 12 heavy (non-hydrogen) atoms. The maximum absolute atomic E-state index is 7.50. The van der Waals surface area contributed by atoms with Crippen molar-refractivity contribution in [3.63, 3.8) is 0 Å². The van der Waals surface area contributed by atoms with E-state index in [4.69, 9.17) is 14.4 Å². The van der Waals surface area contributed by atoms with Crippen LogP contribution in [0.25, 0.3) is 0 Å². The van der Waals surface area contributed by atoms with Crippen LogP contribution in [0.3, 0.4) is 0 Å². The van der Waals surface area contributed by atoms with E-state index in [0.717, 1.165) is 6.42 Å². The summed E-state index contributed by atoms with van der Waals surface area (Å²) in [7, 11) is 0. The molecule has 1 aliphatic rings. The SMILES string of the molecule is [C]=O.[C]=O.[C]=O.[Ru][C]1=CC=CC1. The van der Waals surface area contributed by atoms with Crippen LogP contribution in [0.5, 0.6) is 0 Å². The third-order valence-corrected chi connectivity index (χ3v) is 1.36. The van der Waals surface area contributed by atoms with Gasteiger partial charge in [0.25, 0.3) is 20.4 Å². The van der Waals surface area contributed by atoms with Gasteiger partial charge in [-0.25, -0.2) is 0 Å². The molecule has 0 bridgehead atoms. The van der Waals surface area contributed by atoms with Crippen LogP contribution in [0.4, 0.5) is 0 Å². The molecule has 0 spiro atoms. The fourth-order valence-corrected chi connectivity index (χ4v) is 0.788. The van der Waals surface area contributed by atoms with Crippen molar-refractivity contribution in [1.82, 2.24) is 0 Å². The van der Waals surface area contributed by atoms with Gasteiger partial charge in [-0.1, -0.05) is 0 Å². The van der Waals surface area contributed by atoms with Gasteiger partial charge in [0.05, 0.1) is 0 Å². The summed E-state index contributed by atoms with van der Waals surface area (Å²) in [6.45, 7) is 13.5. The van der Waals surface area contributed by atoms with Crippen molar-refractivity contribution < 1.29 is 32.7 Å². The molecule has 0 aromatic rings. The van der Waals surface area contributed by atoms with Gasteiger partial charge in [0.15, 0.2) is 0 Å². The van der Waals surface area contributed by atoms with E-state index >= 15 is 0 Å². The minimum atomic E-state index is 1.14. The third-order valence-electron chi connectivity index (χ3n) is 0.717. The molecule has 1 aliphatic carbocycles. The zero-order valence-electron chi connectivity index (χ0n) is 6.02. The van der Waals surface area contributed by atoms with E-state index in [2.05, 4.69) is 56.9 Å². The Balaban J connectivity index is -0.000000117. The van der Waals surface area contributed by atoms with Gasteiger partial charge in [0.2, 0.25) is 0 Å². The number of hydrogen-bond acceptors (Lipinski definition) is 3. The molecule has 0 saturated heterocycles. The Labute approximate surface area is 82.2 Å². The van der Waals surface area contributed by atoms with Crippen LogP contribution in [-0.2, 0) is 32.7 Å². The summed E-state index contributed by atoms with van der Waals surface area (Å²) in [4.78, 5) is 22.5. The molecule has 3 nitrogen and oxygen atoms in total. The zero-order valence-corrected chi connectivity index (χ0v) is 7.76. The van der Waals surface area contributed by atoms with Crippen LogP contribution < -0.4 is 0 Å². The predicted octanol–water partition coefficient (Wildman–Crippen LogP) is 0.186. The van der Waals surface area contributed by atoms with Crippen molar-refractivity contribution in [3.8, 4) is 0 Å². The van der Waals surface area contributed by atoms with Gasteiger partial charge in [0.1, 0.15) is 0 Å². The Bertz CT molecular complexity index is 138. The number of allylic oxidation sites excluding steroid dienone is 4. The Morgan fingerprint density at radius 2 is 1.50 bits per heavy atom. The average molecular weight is 250 g/mol. The Morgan fingerprint density at radius 1 is 1.08 bits per heavy atom. The quantitative estimate of drug-likeness (QED) is 0.576. The Morgan fingerprint density at radius 3 is 1.58 bits per heavy atom. The second-order valence-corrected chi connectivity index (χ2v) is 2.35. The molecular weight excluding hydrogens is 245 g/mol. The fraction of sp³-hybridized carbons (Fsp3) is 0.125. The van der Waals surface area contributed by atoms with Gasteiger partial charge in [-0.3, -0.25) is 14.4 Å². The molecular formula is C8H5O3Ru. The Hall–Kier alpha value is -0.887. The van der Waals surface area contributed by atoms with Crippen molar-refractivity contribution in [3.05, 3.63) is 22.4 Å². The second kappa shape index (κ2) is 22.5. The second-order valence-electron chi connectivity index (χ2n) is 1.23. The number of rotatable bonds is 0. The van der Waals surface area contributed by atoms with Gasteiger partial charge in [-0.15, -0.1) is 0 Å². The van der Waals surface area contributed by atoms with Gasteiger partial charge in [-0.05, 0) is 0 Å². The predicted molar refractivity (Wildman–Crippen MR) is 38.9 cm³/mol. The molecule has 0 aromatic heterocycles. The average Bonchev–Trinajstić information content (AvgIpc) is 2.66. The molecule has 0 aromatic carbocycles. The van der Waals surface area contributed by atoms with Crippen LogP contribution in [-0.4, -0.2) is 20.4 Å². The summed E-state index contributed by atoms with van der Waals surface area (Å²) in [5, 5.41) is 0. The van der Waals surface area contributed by atoms with Gasteiger partial charge in [0, 0.05) is 0 Å². The Kier molecular flexibility index (Phi) is 32.3. The van der Waals surface area contributed by atoms with Gasteiger partial charge < -0.3 is 0 Å². The van der Waals surface area contributed by atoms with E-state index in [1.54, 1.807) is 0 Å². The first-order valence-electron chi connectivity index (χ1n) is 2.51. The monoisotopic (exact) mass is 251 g/mol. The number of carbonyl (C=O) groups excluding carboxylic acids is 3. The van der Waals surface area contributed by atoms with Gasteiger partial charge in [-0.2, -0.15) is 0 Å². The summed E-state index contributed by atoms with van der Waals surface area (Å²) in [6.07, 6.45) is 7.46. The maximum atomic E-state index is 7.50. The first-order chi connectivity index (χ1) is 5.89. The molecule has 0 N–H and O–H groups in total.